The Balaban J connectivity index is 1.72. The lowest BCUT2D eigenvalue weighted by atomic mass is 9.75. The molecule has 1 aromatic carbocycles. The fourth-order valence-corrected chi connectivity index (χ4v) is 3.84. The molecule has 8 nitrogen and oxygen atoms in total. The van der Waals surface area contributed by atoms with Gasteiger partial charge in [-0.05, 0) is 24.1 Å². The lowest BCUT2D eigenvalue weighted by Gasteiger charge is -2.29. The number of imide groups is 1. The third-order valence-electron chi connectivity index (χ3n) is 5.67. The van der Waals surface area contributed by atoms with E-state index in [1.54, 1.807) is 38.7 Å². The maximum atomic E-state index is 13.5. The quantitative estimate of drug-likeness (QED) is 0.393. The van der Waals surface area contributed by atoms with E-state index in [2.05, 4.69) is 4.98 Å². The Morgan fingerprint density at radius 2 is 1.94 bits per heavy atom. The van der Waals surface area contributed by atoms with Crippen LogP contribution in [0.3, 0.4) is 0 Å². The third kappa shape index (κ3) is 5.31. The van der Waals surface area contributed by atoms with Crippen molar-refractivity contribution in [1.29, 1.82) is 0 Å². The zero-order chi connectivity index (χ0) is 23.0. The summed E-state index contributed by atoms with van der Waals surface area (Å²) in [5.41, 5.74) is -0.512. The highest BCUT2D eigenvalue weighted by Gasteiger charge is 2.53. The topological polar surface area (TPSA) is 89.0 Å². The molecule has 1 saturated heterocycles. The summed E-state index contributed by atoms with van der Waals surface area (Å²) in [7, 11) is 3.24. The Morgan fingerprint density at radius 3 is 2.62 bits per heavy atom. The van der Waals surface area contributed by atoms with Crippen LogP contribution in [-0.4, -0.2) is 73.0 Å². The zero-order valence-electron chi connectivity index (χ0n) is 18.5. The van der Waals surface area contributed by atoms with Crippen molar-refractivity contribution in [3.63, 3.8) is 0 Å². The van der Waals surface area contributed by atoms with Gasteiger partial charge in [0, 0.05) is 46.3 Å². The van der Waals surface area contributed by atoms with Crippen molar-refractivity contribution < 1.29 is 23.9 Å². The number of hydrogen-bond acceptors (Lipinski definition) is 6. The minimum Gasteiger partial charge on any atom is -0.492 e. The van der Waals surface area contributed by atoms with Gasteiger partial charge in [0.15, 0.2) is 0 Å². The molecule has 8 heteroatoms. The first-order valence-electron chi connectivity index (χ1n) is 10.6. The highest BCUT2D eigenvalue weighted by molar-refractivity contribution is 6.10. The van der Waals surface area contributed by atoms with Crippen molar-refractivity contribution >= 4 is 17.7 Å². The van der Waals surface area contributed by atoms with Crippen LogP contribution in [0.5, 0.6) is 5.75 Å². The Hall–Kier alpha value is -3.26. The van der Waals surface area contributed by atoms with Gasteiger partial charge in [0.05, 0.1) is 24.8 Å². The number of pyridine rings is 1. The number of carbonyl (C=O) groups is 3. The number of likely N-dealkylation sites (N-methyl/N-ethyl adjacent to an activating group) is 1. The highest BCUT2D eigenvalue weighted by atomic mass is 16.5. The van der Waals surface area contributed by atoms with E-state index < -0.39 is 5.41 Å². The SMILES string of the molecule is COCCN(C)C(=O)CC1(c2ccccc2)CC(=O)N(CCCOc2cccnc2)C1=O. The summed E-state index contributed by atoms with van der Waals surface area (Å²) in [5, 5.41) is 0. The van der Waals surface area contributed by atoms with E-state index in [0.717, 1.165) is 0 Å². The first-order chi connectivity index (χ1) is 15.5. The smallest absolute Gasteiger partial charge is 0.240 e. The molecule has 32 heavy (non-hydrogen) atoms. The van der Waals surface area contributed by atoms with E-state index in [4.69, 9.17) is 9.47 Å². The molecule has 3 rings (SSSR count). The van der Waals surface area contributed by atoms with Gasteiger partial charge in [-0.3, -0.25) is 24.3 Å². The number of nitrogens with zero attached hydrogens (tertiary/aromatic N) is 3. The minimum atomic E-state index is -1.19. The number of aromatic nitrogens is 1. The summed E-state index contributed by atoms with van der Waals surface area (Å²) in [6, 6.07) is 12.7. The molecule has 1 atom stereocenters. The van der Waals surface area contributed by atoms with Crippen LogP contribution in [-0.2, 0) is 24.5 Å². The average molecular weight is 440 g/mol. The molecule has 1 fully saturated rings. The number of benzene rings is 1. The van der Waals surface area contributed by atoms with Crippen molar-refractivity contribution in [1.82, 2.24) is 14.8 Å². The van der Waals surface area contributed by atoms with Crippen LogP contribution in [0.25, 0.3) is 0 Å². The van der Waals surface area contributed by atoms with E-state index in [-0.39, 0.29) is 37.1 Å². The number of hydrogen-bond donors (Lipinski definition) is 0. The van der Waals surface area contributed by atoms with Gasteiger partial charge >= 0.3 is 0 Å². The van der Waals surface area contributed by atoms with Gasteiger partial charge in [-0.25, -0.2) is 0 Å². The van der Waals surface area contributed by atoms with E-state index in [9.17, 15) is 14.4 Å². The van der Waals surface area contributed by atoms with Crippen LogP contribution in [0.4, 0.5) is 0 Å². The monoisotopic (exact) mass is 439 g/mol. The molecule has 0 spiro atoms. The normalized spacial score (nSPS) is 18.1. The van der Waals surface area contributed by atoms with Crippen LogP contribution < -0.4 is 4.74 Å². The largest absolute Gasteiger partial charge is 0.492 e. The Morgan fingerprint density at radius 1 is 1.16 bits per heavy atom. The summed E-state index contributed by atoms with van der Waals surface area (Å²) in [6.45, 7) is 1.40. The maximum Gasteiger partial charge on any atom is 0.240 e. The molecule has 3 amide bonds. The second-order valence-corrected chi connectivity index (χ2v) is 7.85. The lowest BCUT2D eigenvalue weighted by molar-refractivity contribution is -0.142. The Kier molecular flexibility index (Phi) is 7.94. The van der Waals surface area contributed by atoms with E-state index >= 15 is 0 Å². The van der Waals surface area contributed by atoms with Gasteiger partial charge < -0.3 is 14.4 Å². The van der Waals surface area contributed by atoms with E-state index in [0.29, 0.717) is 37.5 Å². The van der Waals surface area contributed by atoms with Crippen molar-refractivity contribution in [2.45, 2.75) is 24.7 Å². The van der Waals surface area contributed by atoms with Crippen molar-refractivity contribution in [3.8, 4) is 5.75 Å². The van der Waals surface area contributed by atoms with Crippen LogP contribution in [0.2, 0.25) is 0 Å². The van der Waals surface area contributed by atoms with Gasteiger partial charge in [-0.15, -0.1) is 0 Å². The van der Waals surface area contributed by atoms with Gasteiger partial charge in [0.2, 0.25) is 17.7 Å². The first kappa shape index (κ1) is 23.4. The number of amides is 3. The average Bonchev–Trinajstić information content (AvgIpc) is 3.06. The van der Waals surface area contributed by atoms with Gasteiger partial charge in [0.25, 0.3) is 0 Å². The maximum absolute atomic E-state index is 13.5. The first-order valence-corrected chi connectivity index (χ1v) is 10.6. The fourth-order valence-electron chi connectivity index (χ4n) is 3.84. The third-order valence-corrected chi connectivity index (χ3v) is 5.67. The summed E-state index contributed by atoms with van der Waals surface area (Å²) < 4.78 is 10.7. The fraction of sp³-hybridized carbons (Fsp3) is 0.417. The number of likely N-dealkylation sites (tertiary alicyclic amines) is 1. The Bertz CT molecular complexity index is 922. The molecular weight excluding hydrogens is 410 g/mol. The van der Waals surface area contributed by atoms with Crippen LogP contribution in [0.15, 0.2) is 54.9 Å². The van der Waals surface area contributed by atoms with E-state index in [1.165, 1.54) is 9.80 Å². The lowest BCUT2D eigenvalue weighted by Crippen LogP contribution is -2.43. The summed E-state index contributed by atoms with van der Waals surface area (Å²) >= 11 is 0. The van der Waals surface area contributed by atoms with Gasteiger partial charge in [0.1, 0.15) is 5.75 Å². The molecule has 1 aliphatic heterocycles. The Labute approximate surface area is 188 Å². The van der Waals surface area contributed by atoms with Gasteiger partial charge in [-0.1, -0.05) is 30.3 Å². The second kappa shape index (κ2) is 10.9. The number of rotatable bonds is 11. The number of carbonyl (C=O) groups excluding carboxylic acids is 3. The van der Waals surface area contributed by atoms with Crippen molar-refractivity contribution in [3.05, 3.63) is 60.4 Å². The molecule has 0 aliphatic carbocycles. The predicted molar refractivity (Wildman–Crippen MR) is 118 cm³/mol. The second-order valence-electron chi connectivity index (χ2n) is 7.85. The zero-order valence-corrected chi connectivity index (χ0v) is 18.5. The van der Waals surface area contributed by atoms with E-state index in [1.807, 2.05) is 30.3 Å². The van der Waals surface area contributed by atoms with Crippen molar-refractivity contribution in [2.75, 3.05) is 40.5 Å². The minimum absolute atomic E-state index is 0.0246. The number of methoxy groups -OCH3 is 1. The summed E-state index contributed by atoms with van der Waals surface area (Å²) in [5.74, 6) is -0.167. The van der Waals surface area contributed by atoms with Crippen LogP contribution in [0, 0.1) is 0 Å². The summed E-state index contributed by atoms with van der Waals surface area (Å²) in [6.07, 6.45) is 3.66. The number of ether oxygens (including phenoxy) is 2. The molecule has 0 saturated carbocycles. The molecular formula is C24H29N3O5. The molecule has 2 heterocycles. The summed E-state index contributed by atoms with van der Waals surface area (Å²) in [4.78, 5) is 46.1. The molecule has 170 valence electrons. The molecule has 0 radical (unpaired) electrons. The molecule has 1 aromatic heterocycles. The molecule has 2 aromatic rings. The van der Waals surface area contributed by atoms with Gasteiger partial charge in [-0.2, -0.15) is 0 Å². The molecule has 1 aliphatic rings. The highest BCUT2D eigenvalue weighted by Crippen LogP contribution is 2.40. The van der Waals surface area contributed by atoms with Crippen LogP contribution >= 0.6 is 0 Å². The molecule has 1 unspecified atom stereocenters. The standard InChI is InChI=1S/C24H29N3O5/c1-26(13-15-31-2)21(28)16-24(19-8-4-3-5-9-19)17-22(29)27(23(24)30)12-7-14-32-20-10-6-11-25-18-20/h3-6,8-11,18H,7,12-17H2,1-2H3. The molecule has 0 N–H and O–H groups in total. The van der Waals surface area contributed by atoms with Crippen LogP contribution in [0.1, 0.15) is 24.8 Å². The predicted octanol–water partition coefficient (Wildman–Crippen LogP) is 2.04. The van der Waals surface area contributed by atoms with Crippen molar-refractivity contribution in [2.24, 2.45) is 0 Å². The molecule has 0 bridgehead atoms.